The molecule has 3 rings (SSSR count). The number of piperazine rings is 1. The highest BCUT2D eigenvalue weighted by Crippen LogP contribution is 2.24. The van der Waals surface area contributed by atoms with Crippen LogP contribution in [0.5, 0.6) is 0 Å². The van der Waals surface area contributed by atoms with Gasteiger partial charge in [-0.1, -0.05) is 37.3 Å². The van der Waals surface area contributed by atoms with Crippen LogP contribution in [0.1, 0.15) is 31.4 Å². The fraction of sp³-hybridized carbons (Fsp3) is 0.647. The molecule has 0 saturated carbocycles. The summed E-state index contributed by atoms with van der Waals surface area (Å²) in [6.45, 7) is 7.63. The largest absolute Gasteiger partial charge is 0.381 e. The first kappa shape index (κ1) is 14.1. The molecule has 2 heterocycles. The second-order valence-corrected chi connectivity index (χ2v) is 6.12. The van der Waals surface area contributed by atoms with E-state index in [-0.39, 0.29) is 0 Å². The van der Waals surface area contributed by atoms with Gasteiger partial charge in [0.1, 0.15) is 0 Å². The average Bonchev–Trinajstić information content (AvgIpc) is 3.01. The van der Waals surface area contributed by atoms with Crippen molar-refractivity contribution in [3.8, 4) is 0 Å². The Labute approximate surface area is 122 Å². The number of ether oxygens (including phenoxy) is 1. The van der Waals surface area contributed by atoms with Gasteiger partial charge in [-0.3, -0.25) is 4.90 Å². The zero-order valence-corrected chi connectivity index (χ0v) is 12.4. The second kappa shape index (κ2) is 6.70. The summed E-state index contributed by atoms with van der Waals surface area (Å²) < 4.78 is 5.54. The van der Waals surface area contributed by atoms with Crippen LogP contribution in [0.2, 0.25) is 0 Å². The average molecular weight is 274 g/mol. The Morgan fingerprint density at radius 3 is 2.85 bits per heavy atom. The maximum atomic E-state index is 5.54. The van der Waals surface area contributed by atoms with Gasteiger partial charge in [-0.25, -0.2) is 0 Å². The summed E-state index contributed by atoms with van der Waals surface area (Å²) in [7, 11) is 0. The smallest absolute Gasteiger partial charge is 0.0507 e. The molecule has 1 N–H and O–H groups in total. The first-order valence-electron chi connectivity index (χ1n) is 7.97. The van der Waals surface area contributed by atoms with Crippen molar-refractivity contribution < 1.29 is 4.74 Å². The summed E-state index contributed by atoms with van der Waals surface area (Å²) in [5, 5.41) is 3.72. The first-order valence-corrected chi connectivity index (χ1v) is 7.97. The topological polar surface area (TPSA) is 24.5 Å². The third-order valence-electron chi connectivity index (χ3n) is 4.72. The predicted molar refractivity (Wildman–Crippen MR) is 81.8 cm³/mol. The molecule has 3 nitrogen and oxygen atoms in total. The van der Waals surface area contributed by atoms with Crippen LogP contribution in [-0.4, -0.2) is 43.8 Å². The van der Waals surface area contributed by atoms with Crippen LogP contribution >= 0.6 is 0 Å². The minimum absolute atomic E-state index is 0.473. The van der Waals surface area contributed by atoms with Gasteiger partial charge in [0.25, 0.3) is 0 Å². The zero-order valence-electron chi connectivity index (χ0n) is 12.4. The number of nitrogens with zero attached hydrogens (tertiary/aromatic N) is 1. The van der Waals surface area contributed by atoms with Gasteiger partial charge in [0.2, 0.25) is 0 Å². The Morgan fingerprint density at radius 1 is 1.30 bits per heavy atom. The molecule has 110 valence electrons. The number of hydrogen-bond acceptors (Lipinski definition) is 3. The lowest BCUT2D eigenvalue weighted by Gasteiger charge is -2.41. The van der Waals surface area contributed by atoms with Crippen molar-refractivity contribution in [1.82, 2.24) is 10.2 Å². The van der Waals surface area contributed by atoms with E-state index in [4.69, 9.17) is 4.74 Å². The van der Waals surface area contributed by atoms with Crippen LogP contribution in [0.4, 0.5) is 0 Å². The van der Waals surface area contributed by atoms with Crippen LogP contribution < -0.4 is 5.32 Å². The maximum Gasteiger partial charge on any atom is 0.0507 e. The molecule has 0 radical (unpaired) electrons. The van der Waals surface area contributed by atoms with E-state index in [1.54, 1.807) is 0 Å². The number of benzene rings is 1. The molecule has 0 aromatic heterocycles. The molecular weight excluding hydrogens is 248 g/mol. The highest BCUT2D eigenvalue weighted by atomic mass is 16.5. The van der Waals surface area contributed by atoms with Crippen LogP contribution in [0.3, 0.4) is 0 Å². The van der Waals surface area contributed by atoms with Crippen LogP contribution in [0.15, 0.2) is 30.3 Å². The van der Waals surface area contributed by atoms with Crippen molar-refractivity contribution in [3.63, 3.8) is 0 Å². The predicted octanol–water partition coefficient (Wildman–Crippen LogP) is 2.45. The Kier molecular flexibility index (Phi) is 4.71. The SMILES string of the molecule is CCC1CNC(c2ccccc2)CN1CC1CCOC1. The maximum absolute atomic E-state index is 5.54. The second-order valence-electron chi connectivity index (χ2n) is 6.12. The summed E-state index contributed by atoms with van der Waals surface area (Å²) in [4.78, 5) is 2.69. The summed E-state index contributed by atoms with van der Waals surface area (Å²) >= 11 is 0. The Hall–Kier alpha value is -0.900. The molecule has 0 amide bonds. The van der Waals surface area contributed by atoms with Gasteiger partial charge >= 0.3 is 0 Å². The van der Waals surface area contributed by atoms with Gasteiger partial charge in [0.15, 0.2) is 0 Å². The molecule has 2 fully saturated rings. The lowest BCUT2D eigenvalue weighted by Crippen LogP contribution is -2.53. The van der Waals surface area contributed by atoms with Crippen molar-refractivity contribution in [3.05, 3.63) is 35.9 Å². The summed E-state index contributed by atoms with van der Waals surface area (Å²) in [5.74, 6) is 0.735. The Balaban J connectivity index is 1.65. The highest BCUT2D eigenvalue weighted by Gasteiger charge is 2.30. The minimum Gasteiger partial charge on any atom is -0.381 e. The molecule has 20 heavy (non-hydrogen) atoms. The Morgan fingerprint density at radius 2 is 2.15 bits per heavy atom. The zero-order chi connectivity index (χ0) is 13.8. The highest BCUT2D eigenvalue weighted by molar-refractivity contribution is 5.20. The minimum atomic E-state index is 0.473. The molecule has 0 spiro atoms. The molecule has 0 bridgehead atoms. The molecule has 1 aromatic rings. The molecular formula is C17H26N2O. The van der Waals surface area contributed by atoms with E-state index in [9.17, 15) is 0 Å². The monoisotopic (exact) mass is 274 g/mol. The quantitative estimate of drug-likeness (QED) is 0.913. The normalized spacial score (nSPS) is 31.6. The third kappa shape index (κ3) is 3.22. The number of hydrogen-bond donors (Lipinski definition) is 1. The molecule has 3 heteroatoms. The van der Waals surface area contributed by atoms with E-state index in [1.807, 2.05) is 0 Å². The van der Waals surface area contributed by atoms with Gasteiger partial charge in [0, 0.05) is 38.3 Å². The van der Waals surface area contributed by atoms with E-state index in [0.29, 0.717) is 12.1 Å². The van der Waals surface area contributed by atoms with Gasteiger partial charge < -0.3 is 10.1 Å². The fourth-order valence-electron chi connectivity index (χ4n) is 3.45. The van der Waals surface area contributed by atoms with E-state index in [0.717, 1.165) is 32.2 Å². The Bertz CT molecular complexity index is 403. The van der Waals surface area contributed by atoms with Gasteiger partial charge in [-0.15, -0.1) is 0 Å². The van der Waals surface area contributed by atoms with Crippen LogP contribution in [0.25, 0.3) is 0 Å². The summed E-state index contributed by atoms with van der Waals surface area (Å²) in [5.41, 5.74) is 1.41. The summed E-state index contributed by atoms with van der Waals surface area (Å²) in [6, 6.07) is 12.0. The van der Waals surface area contributed by atoms with Crippen LogP contribution in [0, 0.1) is 5.92 Å². The molecule has 2 aliphatic heterocycles. The standard InChI is InChI=1S/C17H26N2O/c1-2-16-10-18-17(15-6-4-3-5-7-15)12-19(16)11-14-8-9-20-13-14/h3-7,14,16-18H,2,8-13H2,1H3. The molecule has 2 aliphatic rings. The van der Waals surface area contributed by atoms with Gasteiger partial charge in [0.05, 0.1) is 6.61 Å². The fourth-order valence-corrected chi connectivity index (χ4v) is 3.45. The van der Waals surface area contributed by atoms with E-state index in [2.05, 4.69) is 47.5 Å². The lowest BCUT2D eigenvalue weighted by atomic mass is 9.98. The number of nitrogens with one attached hydrogen (secondary N) is 1. The molecule has 3 atom stereocenters. The van der Waals surface area contributed by atoms with Crippen molar-refractivity contribution >= 4 is 0 Å². The lowest BCUT2D eigenvalue weighted by molar-refractivity contribution is 0.0992. The number of rotatable bonds is 4. The third-order valence-corrected chi connectivity index (χ3v) is 4.72. The van der Waals surface area contributed by atoms with E-state index < -0.39 is 0 Å². The molecule has 1 aromatic carbocycles. The van der Waals surface area contributed by atoms with E-state index in [1.165, 1.54) is 24.9 Å². The molecule has 2 saturated heterocycles. The van der Waals surface area contributed by atoms with E-state index >= 15 is 0 Å². The van der Waals surface area contributed by atoms with Crippen LogP contribution in [-0.2, 0) is 4.74 Å². The van der Waals surface area contributed by atoms with Gasteiger partial charge in [-0.05, 0) is 24.3 Å². The van der Waals surface area contributed by atoms with Crippen molar-refractivity contribution in [1.29, 1.82) is 0 Å². The molecule has 3 unspecified atom stereocenters. The van der Waals surface area contributed by atoms with Crippen molar-refractivity contribution in [2.24, 2.45) is 5.92 Å². The first-order chi connectivity index (χ1) is 9.86. The van der Waals surface area contributed by atoms with Crippen molar-refractivity contribution in [2.75, 3.05) is 32.8 Å². The molecule has 0 aliphatic carbocycles. The van der Waals surface area contributed by atoms with Gasteiger partial charge in [-0.2, -0.15) is 0 Å². The summed E-state index contributed by atoms with van der Waals surface area (Å²) in [6.07, 6.45) is 2.46. The van der Waals surface area contributed by atoms with Crippen molar-refractivity contribution in [2.45, 2.75) is 31.8 Å².